The Balaban J connectivity index is 1.68. The molecule has 0 spiro atoms. The van der Waals surface area contributed by atoms with Crippen molar-refractivity contribution in [2.45, 2.75) is 13.0 Å². The van der Waals surface area contributed by atoms with Crippen molar-refractivity contribution in [1.29, 1.82) is 0 Å². The number of hydrogen-bond donors (Lipinski definition) is 2. The fourth-order valence-electron chi connectivity index (χ4n) is 2.30. The fraction of sp³-hybridized carbons (Fsp3) is 0.111. The van der Waals surface area contributed by atoms with Crippen LogP contribution < -0.4 is 10.6 Å². The van der Waals surface area contributed by atoms with Gasteiger partial charge in [0.05, 0.1) is 24.0 Å². The van der Waals surface area contributed by atoms with Crippen LogP contribution in [-0.2, 0) is 0 Å². The van der Waals surface area contributed by atoms with Gasteiger partial charge in [-0.3, -0.25) is 9.59 Å². The van der Waals surface area contributed by atoms with Gasteiger partial charge in [-0.1, -0.05) is 30.3 Å². The molecule has 3 aromatic rings. The van der Waals surface area contributed by atoms with Crippen LogP contribution in [0.3, 0.4) is 0 Å². The van der Waals surface area contributed by atoms with Crippen molar-refractivity contribution in [2.24, 2.45) is 0 Å². The molecule has 1 unspecified atom stereocenters. The van der Waals surface area contributed by atoms with E-state index in [2.05, 4.69) is 19.4 Å². The second-order valence-electron chi connectivity index (χ2n) is 5.43. The van der Waals surface area contributed by atoms with Gasteiger partial charge in [0.1, 0.15) is 0 Å². The Morgan fingerprint density at radius 1 is 1.04 bits per heavy atom. The van der Waals surface area contributed by atoms with Gasteiger partial charge < -0.3 is 10.6 Å². The summed E-state index contributed by atoms with van der Waals surface area (Å²) in [5.74, 6) is -0.456. The molecule has 1 aromatic heterocycles. The van der Waals surface area contributed by atoms with Crippen molar-refractivity contribution < 1.29 is 9.59 Å². The van der Waals surface area contributed by atoms with E-state index in [0.29, 0.717) is 16.9 Å². The SMILES string of the molecule is CC(NC(=O)c1cnsn1)c1cccc(NC(=O)c2ccccc2)c1. The number of carbonyl (C=O) groups excluding carboxylic acids is 2. The highest BCUT2D eigenvalue weighted by Crippen LogP contribution is 2.18. The molecule has 0 aliphatic rings. The van der Waals surface area contributed by atoms with Gasteiger partial charge in [0.15, 0.2) is 5.69 Å². The summed E-state index contributed by atoms with van der Waals surface area (Å²) in [6, 6.07) is 16.1. The van der Waals surface area contributed by atoms with Gasteiger partial charge in [0.25, 0.3) is 11.8 Å². The van der Waals surface area contributed by atoms with E-state index < -0.39 is 0 Å². The lowest BCUT2D eigenvalue weighted by atomic mass is 10.1. The van der Waals surface area contributed by atoms with Crippen LogP contribution in [0.2, 0.25) is 0 Å². The molecule has 0 aliphatic heterocycles. The summed E-state index contributed by atoms with van der Waals surface area (Å²) in [6.45, 7) is 1.87. The molecule has 2 aromatic carbocycles. The van der Waals surface area contributed by atoms with Crippen LogP contribution in [-0.4, -0.2) is 20.6 Å². The summed E-state index contributed by atoms with van der Waals surface area (Å²) >= 11 is 0.990. The highest BCUT2D eigenvalue weighted by Gasteiger charge is 2.14. The van der Waals surface area contributed by atoms with Crippen LogP contribution in [0, 0.1) is 0 Å². The zero-order chi connectivity index (χ0) is 17.6. The van der Waals surface area contributed by atoms with Crippen LogP contribution in [0.1, 0.15) is 39.4 Å². The van der Waals surface area contributed by atoms with Crippen molar-refractivity contribution in [1.82, 2.24) is 14.1 Å². The third-order valence-corrected chi connectivity index (χ3v) is 4.10. The van der Waals surface area contributed by atoms with Crippen molar-refractivity contribution in [2.75, 3.05) is 5.32 Å². The van der Waals surface area contributed by atoms with Gasteiger partial charge in [-0.05, 0) is 36.8 Å². The number of benzene rings is 2. The molecule has 1 heterocycles. The third kappa shape index (κ3) is 4.27. The first-order valence-electron chi connectivity index (χ1n) is 7.68. The van der Waals surface area contributed by atoms with Crippen LogP contribution in [0.15, 0.2) is 60.8 Å². The van der Waals surface area contributed by atoms with E-state index in [9.17, 15) is 9.59 Å². The van der Waals surface area contributed by atoms with E-state index >= 15 is 0 Å². The van der Waals surface area contributed by atoms with Crippen LogP contribution >= 0.6 is 11.7 Å². The second-order valence-corrected chi connectivity index (χ2v) is 5.99. The average Bonchev–Trinajstić information content (AvgIpc) is 3.17. The van der Waals surface area contributed by atoms with E-state index in [-0.39, 0.29) is 17.9 Å². The number of rotatable bonds is 5. The number of carbonyl (C=O) groups is 2. The van der Waals surface area contributed by atoms with E-state index in [1.165, 1.54) is 6.20 Å². The van der Waals surface area contributed by atoms with Crippen molar-refractivity contribution in [3.8, 4) is 0 Å². The van der Waals surface area contributed by atoms with Crippen LogP contribution in [0.25, 0.3) is 0 Å². The second kappa shape index (κ2) is 7.67. The fourth-order valence-corrected chi connectivity index (χ4v) is 2.71. The first kappa shape index (κ1) is 16.8. The molecule has 126 valence electrons. The molecule has 0 fully saturated rings. The van der Waals surface area contributed by atoms with E-state index in [0.717, 1.165) is 17.3 Å². The molecule has 1 atom stereocenters. The summed E-state index contributed by atoms with van der Waals surface area (Å²) in [7, 11) is 0. The molecule has 0 bridgehead atoms. The maximum Gasteiger partial charge on any atom is 0.273 e. The van der Waals surface area contributed by atoms with Crippen molar-refractivity contribution in [3.05, 3.63) is 77.6 Å². The molecule has 0 aliphatic carbocycles. The molecule has 0 radical (unpaired) electrons. The van der Waals surface area contributed by atoms with Gasteiger partial charge in [0, 0.05) is 11.3 Å². The first-order valence-corrected chi connectivity index (χ1v) is 8.41. The van der Waals surface area contributed by atoms with Gasteiger partial charge in [-0.15, -0.1) is 0 Å². The van der Waals surface area contributed by atoms with Gasteiger partial charge in [-0.25, -0.2) is 0 Å². The van der Waals surface area contributed by atoms with Crippen molar-refractivity contribution in [3.63, 3.8) is 0 Å². The Hall–Kier alpha value is -3.06. The standard InChI is InChI=1S/C18H16N4O2S/c1-12(20-18(24)16-11-19-25-22-16)14-8-5-9-15(10-14)21-17(23)13-6-3-2-4-7-13/h2-12H,1H3,(H,20,24)(H,21,23). The average molecular weight is 352 g/mol. The molecule has 2 N–H and O–H groups in total. The van der Waals surface area contributed by atoms with Crippen LogP contribution in [0.4, 0.5) is 5.69 Å². The number of hydrogen-bond acceptors (Lipinski definition) is 5. The smallest absolute Gasteiger partial charge is 0.273 e. The Labute approximate surface area is 149 Å². The number of nitrogens with one attached hydrogen (secondary N) is 2. The molecule has 3 rings (SSSR count). The molecule has 2 amide bonds. The van der Waals surface area contributed by atoms with E-state index in [1.807, 2.05) is 49.4 Å². The Bertz CT molecular complexity index is 866. The number of nitrogens with zero attached hydrogens (tertiary/aromatic N) is 2. The summed E-state index contributed by atoms with van der Waals surface area (Å²) in [6.07, 6.45) is 1.43. The molecule has 0 saturated carbocycles. The molecule has 6 nitrogen and oxygen atoms in total. The predicted octanol–water partition coefficient (Wildman–Crippen LogP) is 3.28. The van der Waals surface area contributed by atoms with Gasteiger partial charge in [0.2, 0.25) is 0 Å². The van der Waals surface area contributed by atoms with E-state index in [1.54, 1.807) is 12.1 Å². The van der Waals surface area contributed by atoms with E-state index in [4.69, 9.17) is 0 Å². The molecule has 0 saturated heterocycles. The largest absolute Gasteiger partial charge is 0.344 e. The highest BCUT2D eigenvalue weighted by molar-refractivity contribution is 6.99. The highest BCUT2D eigenvalue weighted by atomic mass is 32.1. The molecule has 25 heavy (non-hydrogen) atoms. The lowest BCUT2D eigenvalue weighted by molar-refractivity contribution is 0.0935. The number of anilines is 1. The Morgan fingerprint density at radius 3 is 2.56 bits per heavy atom. The van der Waals surface area contributed by atoms with Gasteiger partial charge in [-0.2, -0.15) is 8.75 Å². The normalized spacial score (nSPS) is 11.6. The summed E-state index contributed by atoms with van der Waals surface area (Å²) in [5.41, 5.74) is 2.43. The zero-order valence-corrected chi connectivity index (χ0v) is 14.3. The summed E-state index contributed by atoms with van der Waals surface area (Å²) in [4.78, 5) is 24.3. The molecule has 7 heteroatoms. The lowest BCUT2D eigenvalue weighted by Gasteiger charge is -2.15. The van der Waals surface area contributed by atoms with Gasteiger partial charge >= 0.3 is 0 Å². The lowest BCUT2D eigenvalue weighted by Crippen LogP contribution is -2.27. The first-order chi connectivity index (χ1) is 12.1. The molecular formula is C18H16N4O2S. The monoisotopic (exact) mass is 352 g/mol. The van der Waals surface area contributed by atoms with Crippen LogP contribution in [0.5, 0.6) is 0 Å². The Morgan fingerprint density at radius 2 is 1.84 bits per heavy atom. The minimum Gasteiger partial charge on any atom is -0.344 e. The van der Waals surface area contributed by atoms with Crippen molar-refractivity contribution >= 4 is 29.2 Å². The minimum atomic E-state index is -0.278. The predicted molar refractivity (Wildman–Crippen MR) is 96.6 cm³/mol. The molecular weight excluding hydrogens is 336 g/mol. The number of amides is 2. The Kier molecular flexibility index (Phi) is 5.15. The third-order valence-electron chi connectivity index (χ3n) is 3.62. The topological polar surface area (TPSA) is 84.0 Å². The quantitative estimate of drug-likeness (QED) is 0.738. The zero-order valence-electron chi connectivity index (χ0n) is 13.5. The summed E-state index contributed by atoms with van der Waals surface area (Å²) < 4.78 is 7.74. The number of aromatic nitrogens is 2. The minimum absolute atomic E-state index is 0.178. The maximum absolute atomic E-state index is 12.2. The maximum atomic E-state index is 12.2. The summed E-state index contributed by atoms with van der Waals surface area (Å²) in [5, 5.41) is 5.73.